The Morgan fingerprint density at radius 1 is 1.29 bits per heavy atom. The van der Waals surface area contributed by atoms with Gasteiger partial charge in [-0.25, -0.2) is 4.79 Å². The minimum Gasteiger partial charge on any atom is -0.490 e. The van der Waals surface area contributed by atoms with Gasteiger partial charge in [0.15, 0.2) is 0 Å². The molecule has 0 spiro atoms. The second kappa shape index (κ2) is 7.76. The minimum absolute atomic E-state index is 0.147. The first-order valence-electron chi connectivity index (χ1n) is 7.63. The Balaban J connectivity index is 1.72. The number of carbonyl (C=O) groups is 1. The van der Waals surface area contributed by atoms with Gasteiger partial charge in [0.25, 0.3) is 0 Å². The fourth-order valence-corrected chi connectivity index (χ4v) is 2.29. The number of nitrogens with two attached hydrogens (primary N) is 1. The number of rotatable bonds is 5. The molecule has 1 aliphatic rings. The number of carbonyl (C=O) groups excluding carboxylic acids is 1. The van der Waals surface area contributed by atoms with E-state index < -0.39 is 0 Å². The Bertz CT molecular complexity index is 439. The minimum atomic E-state index is -0.200. The first-order chi connectivity index (χ1) is 10.2. The van der Waals surface area contributed by atoms with Crippen molar-refractivity contribution in [1.82, 2.24) is 4.90 Å². The van der Waals surface area contributed by atoms with Crippen LogP contribution in [0.3, 0.4) is 0 Å². The second-order valence-electron chi connectivity index (χ2n) is 5.34. The van der Waals surface area contributed by atoms with E-state index in [1.165, 1.54) is 0 Å². The molecule has 1 amide bonds. The van der Waals surface area contributed by atoms with Crippen LogP contribution in [0, 0.1) is 0 Å². The summed E-state index contributed by atoms with van der Waals surface area (Å²) in [5, 5.41) is 0. The van der Waals surface area contributed by atoms with E-state index in [1.807, 2.05) is 24.3 Å². The molecule has 0 aromatic heterocycles. The van der Waals surface area contributed by atoms with Crippen molar-refractivity contribution in [1.29, 1.82) is 0 Å². The average Bonchev–Trinajstić information content (AvgIpc) is 2.50. The zero-order valence-corrected chi connectivity index (χ0v) is 12.6. The smallest absolute Gasteiger partial charge is 0.409 e. The lowest BCUT2D eigenvalue weighted by Gasteiger charge is -2.31. The highest BCUT2D eigenvalue weighted by molar-refractivity contribution is 5.67. The van der Waals surface area contributed by atoms with Crippen molar-refractivity contribution in [3.8, 4) is 5.75 Å². The third-order valence-corrected chi connectivity index (χ3v) is 3.61. The van der Waals surface area contributed by atoms with Gasteiger partial charge >= 0.3 is 6.09 Å². The first-order valence-corrected chi connectivity index (χ1v) is 7.63. The van der Waals surface area contributed by atoms with Crippen molar-refractivity contribution >= 4 is 11.8 Å². The van der Waals surface area contributed by atoms with E-state index in [9.17, 15) is 4.79 Å². The zero-order valence-electron chi connectivity index (χ0n) is 12.6. The van der Waals surface area contributed by atoms with Crippen LogP contribution in [0.4, 0.5) is 10.5 Å². The lowest BCUT2D eigenvalue weighted by Crippen LogP contribution is -2.42. The standard InChI is InChI=1S/C16H24N2O3/c1-2-3-12-20-16(19)18-10-8-15(9-11-18)21-14-6-4-13(17)5-7-14/h4-7,15H,2-3,8-12,17H2,1H3. The maximum Gasteiger partial charge on any atom is 0.409 e. The molecule has 0 atom stereocenters. The quantitative estimate of drug-likeness (QED) is 0.669. The molecule has 1 saturated heterocycles. The normalized spacial score (nSPS) is 15.8. The molecular weight excluding hydrogens is 268 g/mol. The van der Waals surface area contributed by atoms with Crippen LogP contribution in [0.25, 0.3) is 0 Å². The zero-order chi connectivity index (χ0) is 15.1. The van der Waals surface area contributed by atoms with Gasteiger partial charge in [-0.3, -0.25) is 0 Å². The van der Waals surface area contributed by atoms with Crippen molar-refractivity contribution in [2.24, 2.45) is 0 Å². The molecule has 1 aliphatic heterocycles. The van der Waals surface area contributed by atoms with Crippen LogP contribution in [-0.2, 0) is 4.74 Å². The highest BCUT2D eigenvalue weighted by Gasteiger charge is 2.24. The van der Waals surface area contributed by atoms with Crippen molar-refractivity contribution in [3.05, 3.63) is 24.3 Å². The number of unbranched alkanes of at least 4 members (excludes halogenated alkanes) is 1. The van der Waals surface area contributed by atoms with E-state index in [4.69, 9.17) is 15.2 Å². The molecule has 0 unspecified atom stereocenters. The highest BCUT2D eigenvalue weighted by atomic mass is 16.6. The summed E-state index contributed by atoms with van der Waals surface area (Å²) in [6.07, 6.45) is 3.55. The number of nitrogens with zero attached hydrogens (tertiary/aromatic N) is 1. The predicted molar refractivity (Wildman–Crippen MR) is 82.3 cm³/mol. The summed E-state index contributed by atoms with van der Waals surface area (Å²) in [5.74, 6) is 0.827. The van der Waals surface area contributed by atoms with Crippen LogP contribution in [0.5, 0.6) is 5.75 Å². The number of hydrogen-bond donors (Lipinski definition) is 1. The number of ether oxygens (including phenoxy) is 2. The predicted octanol–water partition coefficient (Wildman–Crippen LogP) is 3.05. The number of nitrogen functional groups attached to an aromatic ring is 1. The lowest BCUT2D eigenvalue weighted by atomic mass is 10.1. The van der Waals surface area contributed by atoms with E-state index in [2.05, 4.69) is 6.92 Å². The number of anilines is 1. The number of likely N-dealkylation sites (tertiary alicyclic amines) is 1. The largest absolute Gasteiger partial charge is 0.490 e. The molecule has 1 aromatic carbocycles. The Morgan fingerprint density at radius 3 is 2.57 bits per heavy atom. The van der Waals surface area contributed by atoms with Gasteiger partial charge in [-0.1, -0.05) is 13.3 Å². The van der Waals surface area contributed by atoms with Gasteiger partial charge in [-0.15, -0.1) is 0 Å². The SMILES string of the molecule is CCCCOC(=O)N1CCC(Oc2ccc(N)cc2)CC1. The monoisotopic (exact) mass is 292 g/mol. The van der Waals surface area contributed by atoms with Crippen LogP contribution in [0.1, 0.15) is 32.6 Å². The molecule has 1 aromatic rings. The molecular formula is C16H24N2O3. The first kappa shape index (κ1) is 15.5. The molecule has 1 fully saturated rings. The number of benzene rings is 1. The maximum atomic E-state index is 11.8. The van der Waals surface area contributed by atoms with E-state index in [0.717, 1.165) is 37.1 Å². The molecule has 116 valence electrons. The highest BCUT2D eigenvalue weighted by Crippen LogP contribution is 2.20. The molecule has 0 bridgehead atoms. The van der Waals surface area contributed by atoms with Crippen molar-refractivity contribution in [2.45, 2.75) is 38.7 Å². The van der Waals surface area contributed by atoms with Gasteiger partial charge in [-0.2, -0.15) is 0 Å². The van der Waals surface area contributed by atoms with Gasteiger partial charge in [0.1, 0.15) is 11.9 Å². The fraction of sp³-hybridized carbons (Fsp3) is 0.562. The topological polar surface area (TPSA) is 64.8 Å². The molecule has 0 saturated carbocycles. The summed E-state index contributed by atoms with van der Waals surface area (Å²) < 4.78 is 11.1. The van der Waals surface area contributed by atoms with Crippen LogP contribution in [0.2, 0.25) is 0 Å². The van der Waals surface area contributed by atoms with Gasteiger partial charge in [0.05, 0.1) is 6.61 Å². The average molecular weight is 292 g/mol. The molecule has 2 rings (SSSR count). The van der Waals surface area contributed by atoms with Gasteiger partial charge in [0, 0.05) is 31.6 Å². The van der Waals surface area contributed by atoms with Crippen LogP contribution < -0.4 is 10.5 Å². The van der Waals surface area contributed by atoms with Gasteiger partial charge in [0.2, 0.25) is 0 Å². The van der Waals surface area contributed by atoms with Crippen molar-refractivity contribution in [3.63, 3.8) is 0 Å². The van der Waals surface area contributed by atoms with E-state index in [0.29, 0.717) is 19.7 Å². The van der Waals surface area contributed by atoms with Crippen LogP contribution in [0.15, 0.2) is 24.3 Å². The summed E-state index contributed by atoms with van der Waals surface area (Å²) in [5.41, 5.74) is 6.38. The van der Waals surface area contributed by atoms with Crippen molar-refractivity contribution in [2.75, 3.05) is 25.4 Å². The Hall–Kier alpha value is -1.91. The Labute approximate surface area is 126 Å². The number of hydrogen-bond acceptors (Lipinski definition) is 4. The summed E-state index contributed by atoms with van der Waals surface area (Å²) in [6.45, 7) is 3.96. The van der Waals surface area contributed by atoms with Gasteiger partial charge in [-0.05, 0) is 30.7 Å². The Kier molecular flexibility index (Phi) is 5.72. The third-order valence-electron chi connectivity index (χ3n) is 3.61. The van der Waals surface area contributed by atoms with Crippen LogP contribution in [-0.4, -0.2) is 36.8 Å². The van der Waals surface area contributed by atoms with Gasteiger partial charge < -0.3 is 20.1 Å². The van der Waals surface area contributed by atoms with Crippen LogP contribution >= 0.6 is 0 Å². The molecule has 1 heterocycles. The molecule has 21 heavy (non-hydrogen) atoms. The number of amides is 1. The second-order valence-corrected chi connectivity index (χ2v) is 5.34. The van der Waals surface area contributed by atoms with Crippen molar-refractivity contribution < 1.29 is 14.3 Å². The molecule has 2 N–H and O–H groups in total. The van der Waals surface area contributed by atoms with E-state index >= 15 is 0 Å². The summed E-state index contributed by atoms with van der Waals surface area (Å²) in [4.78, 5) is 13.6. The molecule has 0 aliphatic carbocycles. The molecule has 5 heteroatoms. The summed E-state index contributed by atoms with van der Waals surface area (Å²) >= 11 is 0. The molecule has 5 nitrogen and oxygen atoms in total. The summed E-state index contributed by atoms with van der Waals surface area (Å²) in [7, 11) is 0. The molecule has 0 radical (unpaired) electrons. The number of piperidine rings is 1. The maximum absolute atomic E-state index is 11.8. The third kappa shape index (κ3) is 4.85. The lowest BCUT2D eigenvalue weighted by molar-refractivity contribution is 0.0670. The van der Waals surface area contributed by atoms with E-state index in [-0.39, 0.29) is 12.2 Å². The summed E-state index contributed by atoms with van der Waals surface area (Å²) in [6, 6.07) is 7.41. The fourth-order valence-electron chi connectivity index (χ4n) is 2.29. The Morgan fingerprint density at radius 2 is 1.95 bits per heavy atom. The van der Waals surface area contributed by atoms with E-state index in [1.54, 1.807) is 4.90 Å².